The fourth-order valence-electron chi connectivity index (χ4n) is 5.60. The van der Waals surface area contributed by atoms with Crippen molar-refractivity contribution in [2.75, 3.05) is 12.3 Å². The average molecular weight is 693 g/mol. The molecule has 18 nitrogen and oxygen atoms in total. The number of nitrogen functional groups attached to an aromatic ring is 1. The molecule has 10 atom stereocenters. The smallest absolute Gasteiger partial charge is 0.367 e. The second-order valence-corrected chi connectivity index (χ2v) is 15.8. The number of fused-ring (bicyclic) bond motifs is 5. The highest BCUT2D eigenvalue weighted by molar-refractivity contribution is 8.07. The first-order valence-corrected chi connectivity index (χ1v) is 18.1. The monoisotopic (exact) mass is 692 g/mol. The molecule has 2 aliphatic heterocycles. The Morgan fingerprint density at radius 2 is 1.73 bits per heavy atom. The van der Waals surface area contributed by atoms with Crippen LogP contribution in [0, 0.1) is 6.92 Å². The average Bonchev–Trinajstić information content (AvgIpc) is 3.70. The van der Waals surface area contributed by atoms with Crippen LogP contribution in [0.3, 0.4) is 0 Å². The Morgan fingerprint density at radius 1 is 1.00 bits per heavy atom. The number of nitrogens with zero attached hydrogens (tertiary/aromatic N) is 7. The Hall–Kier alpha value is -2.39. The molecule has 4 aromatic rings. The van der Waals surface area contributed by atoms with E-state index in [4.69, 9.17) is 56.6 Å². The van der Waals surface area contributed by atoms with Gasteiger partial charge in [-0.1, -0.05) is 0 Å². The van der Waals surface area contributed by atoms with Crippen LogP contribution in [0.15, 0.2) is 28.2 Å². The summed E-state index contributed by atoms with van der Waals surface area (Å²) in [5.41, 5.74) is 5.51. The molecule has 1 saturated carbocycles. The number of anilines is 1. The van der Waals surface area contributed by atoms with E-state index in [-0.39, 0.29) is 40.5 Å². The highest BCUT2D eigenvalue weighted by Gasteiger charge is 2.54. The van der Waals surface area contributed by atoms with Gasteiger partial charge >= 0.3 is 19.1 Å². The van der Waals surface area contributed by atoms with E-state index in [1.165, 1.54) is 35.0 Å². The molecule has 0 aromatic carbocycles. The maximum atomic E-state index is 16.1. The minimum Gasteiger partial charge on any atom is -0.407 e. The van der Waals surface area contributed by atoms with Crippen molar-refractivity contribution in [1.29, 1.82) is 0 Å². The number of rotatable bonds is 2. The zero-order valence-corrected chi connectivity index (χ0v) is 25.7. The lowest BCUT2D eigenvalue weighted by atomic mass is 10.1. The minimum atomic E-state index is -4.30. The topological polar surface area (TPSA) is 237 Å². The maximum absolute atomic E-state index is 16.1. The lowest BCUT2D eigenvalue weighted by Gasteiger charge is -2.31. The van der Waals surface area contributed by atoms with Gasteiger partial charge in [-0.15, -0.1) is 0 Å². The van der Waals surface area contributed by atoms with E-state index < -0.39 is 74.6 Å². The van der Waals surface area contributed by atoms with Crippen LogP contribution in [0.4, 0.5) is 10.2 Å². The molecule has 2 saturated heterocycles. The molecule has 44 heavy (non-hydrogen) atoms. The summed E-state index contributed by atoms with van der Waals surface area (Å²) in [5.74, 6) is 0.120. The molecule has 0 amide bonds. The maximum Gasteiger partial charge on any atom is 0.367 e. The van der Waals surface area contributed by atoms with Crippen molar-refractivity contribution in [3.8, 4) is 0 Å². The third-order valence-corrected chi connectivity index (χ3v) is 10.6. The number of imidazole rings is 2. The van der Waals surface area contributed by atoms with Crippen molar-refractivity contribution in [3.63, 3.8) is 0 Å². The molecule has 5 N–H and O–H groups in total. The summed E-state index contributed by atoms with van der Waals surface area (Å²) in [4.78, 5) is 54.9. The molecule has 0 radical (unpaired) electrons. The van der Waals surface area contributed by atoms with E-state index in [1.54, 1.807) is 0 Å². The molecule has 3 aliphatic rings. The first kappa shape index (κ1) is 30.3. The first-order chi connectivity index (χ1) is 20.8. The molecule has 2 unspecified atom stereocenters. The van der Waals surface area contributed by atoms with Crippen molar-refractivity contribution < 1.29 is 46.5 Å². The standard InChI is InChI=1S/C21H23FN8O10P2S2/c1-7-28-19-13(21(32)36-7)27-5-29(19)8-2-9-14(31)15(8)39-41(33,43)35-3-10-16(40-42(34,44)38-9)11(22)20(37-10)30-6-26-12-17(23)24-4-25-18(12)30/h4-6,8-11,14-16,20,31H,2-3H2,1H3,(H,33,43)(H,34,44)(H2,23,24,25)/t8-,9+,10-,11-,14-,15+,16-,20-,41?,42?/m1/s1. The van der Waals surface area contributed by atoms with Gasteiger partial charge in [-0.2, -0.15) is 4.98 Å². The molecule has 3 fully saturated rings. The SMILES string of the molecule is Cc1nc2c(ncn2[C@@H]2C[C@@H]3OP(O)(=S)O[C@H]4[C@@H](F)[C@H](n5cnc6c(N)ncnc65)O[C@@H]4COP(O)(=S)O[C@@H]2[C@@H]3O)c(=O)o1. The van der Waals surface area contributed by atoms with Crippen molar-refractivity contribution in [3.05, 3.63) is 35.3 Å². The fraction of sp³-hybridized carbons (Fsp3) is 0.524. The van der Waals surface area contributed by atoms with Gasteiger partial charge in [0.2, 0.25) is 0 Å². The highest BCUT2D eigenvalue weighted by atomic mass is 32.5. The number of ether oxygens (including phenoxy) is 1. The van der Waals surface area contributed by atoms with Gasteiger partial charge in [-0.3, -0.25) is 9.09 Å². The molecule has 4 aromatic heterocycles. The number of aliphatic hydroxyl groups excluding tert-OH is 1. The van der Waals surface area contributed by atoms with Gasteiger partial charge in [0.1, 0.15) is 36.3 Å². The fourth-order valence-corrected chi connectivity index (χ4v) is 8.84. The highest BCUT2D eigenvalue weighted by Crippen LogP contribution is 2.57. The molecular formula is C21H23FN8O10P2S2. The van der Waals surface area contributed by atoms with Crippen molar-refractivity contribution in [2.45, 2.75) is 62.3 Å². The molecule has 0 spiro atoms. The van der Waals surface area contributed by atoms with Crippen LogP contribution < -0.4 is 11.4 Å². The summed E-state index contributed by atoms with van der Waals surface area (Å²) in [7, 11) is 0. The number of aliphatic hydroxyl groups is 1. The van der Waals surface area contributed by atoms with E-state index in [9.17, 15) is 19.7 Å². The van der Waals surface area contributed by atoms with Gasteiger partial charge in [0, 0.05) is 13.3 Å². The lowest BCUT2D eigenvalue weighted by molar-refractivity contribution is -0.0566. The van der Waals surface area contributed by atoms with E-state index in [0.717, 1.165) is 0 Å². The van der Waals surface area contributed by atoms with Crippen molar-refractivity contribution in [2.24, 2.45) is 0 Å². The normalized spacial score (nSPS) is 38.0. The van der Waals surface area contributed by atoms with Crippen LogP contribution in [0.2, 0.25) is 0 Å². The Kier molecular flexibility index (Phi) is 7.47. The summed E-state index contributed by atoms with van der Waals surface area (Å²) in [6.45, 7) is -7.58. The number of alkyl halides is 1. The Labute approximate surface area is 255 Å². The predicted octanol–water partition coefficient (Wildman–Crippen LogP) is 0.276. The van der Waals surface area contributed by atoms with E-state index in [1.807, 2.05) is 0 Å². The van der Waals surface area contributed by atoms with Gasteiger partial charge < -0.3 is 47.9 Å². The van der Waals surface area contributed by atoms with E-state index in [0.29, 0.717) is 0 Å². The van der Waals surface area contributed by atoms with Crippen LogP contribution in [-0.2, 0) is 46.4 Å². The largest absolute Gasteiger partial charge is 0.407 e. The predicted molar refractivity (Wildman–Crippen MR) is 153 cm³/mol. The Morgan fingerprint density at radius 3 is 2.52 bits per heavy atom. The molecule has 23 heteroatoms. The molecule has 6 heterocycles. The van der Waals surface area contributed by atoms with E-state index >= 15 is 4.39 Å². The first-order valence-electron chi connectivity index (χ1n) is 12.9. The number of aromatic nitrogens is 7. The van der Waals surface area contributed by atoms with E-state index in [2.05, 4.69) is 24.9 Å². The lowest BCUT2D eigenvalue weighted by Crippen LogP contribution is -2.37. The molecule has 2 bridgehead atoms. The number of hydrogen-bond acceptors (Lipinski definition) is 16. The van der Waals surface area contributed by atoms with Gasteiger partial charge in [0.15, 0.2) is 40.9 Å². The Balaban J connectivity index is 1.22. The van der Waals surface area contributed by atoms with Crippen molar-refractivity contribution >= 4 is 65.2 Å². The zero-order valence-electron chi connectivity index (χ0n) is 22.3. The van der Waals surface area contributed by atoms with Gasteiger partial charge in [-0.25, -0.2) is 29.1 Å². The molecule has 7 rings (SSSR count). The second kappa shape index (κ2) is 10.9. The van der Waals surface area contributed by atoms with Crippen LogP contribution in [0.5, 0.6) is 0 Å². The van der Waals surface area contributed by atoms with Crippen LogP contribution in [0.25, 0.3) is 22.3 Å². The number of halogens is 1. The quantitative estimate of drug-likeness (QED) is 0.206. The van der Waals surface area contributed by atoms with Crippen LogP contribution >= 0.6 is 13.4 Å². The molecule has 1 aliphatic carbocycles. The zero-order chi connectivity index (χ0) is 31.1. The number of aryl methyl sites for hydroxylation is 1. The van der Waals surface area contributed by atoms with Gasteiger partial charge in [0.05, 0.1) is 31.4 Å². The number of nitrogens with two attached hydrogens (primary N) is 1. The second-order valence-electron chi connectivity index (χ2n) is 10.2. The summed E-state index contributed by atoms with van der Waals surface area (Å²) in [6, 6.07) is -0.902. The minimum absolute atomic E-state index is 0.0547. The third-order valence-electron chi connectivity index (χ3n) is 7.50. The Bertz CT molecular complexity index is 1930. The third kappa shape index (κ3) is 5.20. The number of hydrogen-bond donors (Lipinski definition) is 4. The summed E-state index contributed by atoms with van der Waals surface area (Å²) in [6.07, 6.45) is -6.81. The van der Waals surface area contributed by atoms with Gasteiger partial charge in [-0.05, 0) is 23.6 Å². The van der Waals surface area contributed by atoms with Crippen LogP contribution in [0.1, 0.15) is 24.6 Å². The summed E-state index contributed by atoms with van der Waals surface area (Å²) in [5, 5.41) is 11.2. The summed E-state index contributed by atoms with van der Waals surface area (Å²) < 4.78 is 52.4. The van der Waals surface area contributed by atoms with Crippen molar-refractivity contribution in [1.82, 2.24) is 34.1 Å². The summed E-state index contributed by atoms with van der Waals surface area (Å²) >= 11 is 10.5. The van der Waals surface area contributed by atoms with Gasteiger partial charge in [0.25, 0.3) is 0 Å². The van der Waals surface area contributed by atoms with Crippen LogP contribution in [-0.4, -0.2) is 92.2 Å². The molecule has 236 valence electrons. The molecular weight excluding hydrogens is 669 g/mol.